The molecule has 64 valence electrons. The van der Waals surface area contributed by atoms with Gasteiger partial charge >= 0.3 is 0 Å². The molecular formula is C10H18O. The summed E-state index contributed by atoms with van der Waals surface area (Å²) in [7, 11) is 0. The van der Waals surface area contributed by atoms with Crippen LogP contribution in [-0.4, -0.2) is 11.2 Å². The Balaban J connectivity index is 2.50. The average molecular weight is 154 g/mol. The van der Waals surface area contributed by atoms with Crippen LogP contribution in [0, 0.1) is 11.8 Å². The average Bonchev–Trinajstić information content (AvgIpc) is 1.95. The van der Waals surface area contributed by atoms with Crippen molar-refractivity contribution < 1.29 is 5.11 Å². The van der Waals surface area contributed by atoms with Crippen LogP contribution in [0.3, 0.4) is 0 Å². The van der Waals surface area contributed by atoms with E-state index in [4.69, 9.17) is 0 Å². The van der Waals surface area contributed by atoms with E-state index in [0.29, 0.717) is 11.8 Å². The molecule has 0 heterocycles. The van der Waals surface area contributed by atoms with Gasteiger partial charge in [-0.2, -0.15) is 0 Å². The van der Waals surface area contributed by atoms with Crippen LogP contribution in [0.15, 0.2) is 12.2 Å². The highest BCUT2D eigenvalue weighted by Crippen LogP contribution is 2.21. The zero-order chi connectivity index (χ0) is 8.27. The maximum Gasteiger partial charge on any atom is 0.0723 e. The first-order valence-electron chi connectivity index (χ1n) is 4.55. The Bertz CT molecular complexity index is 140. The van der Waals surface area contributed by atoms with Gasteiger partial charge in [0.15, 0.2) is 0 Å². The molecule has 0 fully saturated rings. The van der Waals surface area contributed by atoms with Gasteiger partial charge in [-0.3, -0.25) is 0 Å². The highest BCUT2D eigenvalue weighted by Gasteiger charge is 2.12. The van der Waals surface area contributed by atoms with Gasteiger partial charge in [0.05, 0.1) is 6.10 Å². The van der Waals surface area contributed by atoms with Crippen LogP contribution in [-0.2, 0) is 0 Å². The van der Waals surface area contributed by atoms with Gasteiger partial charge in [-0.05, 0) is 24.7 Å². The van der Waals surface area contributed by atoms with Crippen LogP contribution >= 0.6 is 0 Å². The minimum Gasteiger partial charge on any atom is -0.389 e. The Morgan fingerprint density at radius 2 is 1.91 bits per heavy atom. The SMILES string of the molecule is CC1/C=C/C(O)CC(C)CC1. The fourth-order valence-corrected chi connectivity index (χ4v) is 1.57. The summed E-state index contributed by atoms with van der Waals surface area (Å²) < 4.78 is 0. The zero-order valence-electron chi connectivity index (χ0n) is 7.46. The zero-order valence-corrected chi connectivity index (χ0v) is 7.46. The summed E-state index contributed by atoms with van der Waals surface area (Å²) in [5, 5.41) is 9.42. The first kappa shape index (κ1) is 8.79. The third kappa shape index (κ3) is 3.06. The van der Waals surface area contributed by atoms with Crippen molar-refractivity contribution in [2.24, 2.45) is 11.8 Å². The Kier molecular flexibility index (Phi) is 3.13. The van der Waals surface area contributed by atoms with E-state index in [1.54, 1.807) is 0 Å². The molecule has 0 aliphatic heterocycles. The van der Waals surface area contributed by atoms with E-state index in [0.717, 1.165) is 6.42 Å². The van der Waals surface area contributed by atoms with Crippen LogP contribution in [0.5, 0.6) is 0 Å². The minimum absolute atomic E-state index is 0.201. The van der Waals surface area contributed by atoms with Crippen molar-refractivity contribution in [1.82, 2.24) is 0 Å². The maximum absolute atomic E-state index is 9.42. The highest BCUT2D eigenvalue weighted by atomic mass is 16.3. The Hall–Kier alpha value is -0.300. The van der Waals surface area contributed by atoms with Crippen molar-refractivity contribution in [1.29, 1.82) is 0 Å². The summed E-state index contributed by atoms with van der Waals surface area (Å²) in [4.78, 5) is 0. The topological polar surface area (TPSA) is 20.2 Å². The van der Waals surface area contributed by atoms with E-state index in [2.05, 4.69) is 19.9 Å². The van der Waals surface area contributed by atoms with Crippen molar-refractivity contribution in [2.75, 3.05) is 0 Å². The predicted octanol–water partition coefficient (Wildman–Crippen LogP) is 2.36. The summed E-state index contributed by atoms with van der Waals surface area (Å²) >= 11 is 0. The van der Waals surface area contributed by atoms with Gasteiger partial charge in [-0.25, -0.2) is 0 Å². The van der Waals surface area contributed by atoms with Gasteiger partial charge in [-0.1, -0.05) is 32.4 Å². The molecular weight excluding hydrogens is 136 g/mol. The summed E-state index contributed by atoms with van der Waals surface area (Å²) in [6.45, 7) is 4.43. The highest BCUT2D eigenvalue weighted by molar-refractivity contribution is 4.94. The monoisotopic (exact) mass is 154 g/mol. The number of allylic oxidation sites excluding steroid dienone is 1. The van der Waals surface area contributed by atoms with Crippen molar-refractivity contribution in [2.45, 2.75) is 39.2 Å². The largest absolute Gasteiger partial charge is 0.389 e. The number of aliphatic hydroxyl groups is 1. The molecule has 0 amide bonds. The second-order valence-electron chi connectivity index (χ2n) is 3.85. The van der Waals surface area contributed by atoms with Crippen LogP contribution in [0.2, 0.25) is 0 Å². The molecule has 1 rings (SSSR count). The number of hydrogen-bond acceptors (Lipinski definition) is 1. The van der Waals surface area contributed by atoms with Crippen molar-refractivity contribution in [3.05, 3.63) is 12.2 Å². The summed E-state index contributed by atoms with van der Waals surface area (Å²) in [6.07, 6.45) is 7.33. The molecule has 0 aromatic carbocycles. The Morgan fingerprint density at radius 3 is 2.64 bits per heavy atom. The van der Waals surface area contributed by atoms with Gasteiger partial charge < -0.3 is 5.11 Å². The third-order valence-corrected chi connectivity index (χ3v) is 2.42. The van der Waals surface area contributed by atoms with E-state index >= 15 is 0 Å². The molecule has 3 atom stereocenters. The van der Waals surface area contributed by atoms with E-state index in [9.17, 15) is 5.11 Å². The number of hydrogen-bond donors (Lipinski definition) is 1. The first-order chi connectivity index (χ1) is 5.18. The molecule has 0 radical (unpaired) electrons. The van der Waals surface area contributed by atoms with Crippen LogP contribution in [0.1, 0.15) is 33.1 Å². The second-order valence-corrected chi connectivity index (χ2v) is 3.85. The minimum atomic E-state index is -0.201. The molecule has 1 heteroatoms. The van der Waals surface area contributed by atoms with Gasteiger partial charge in [0.1, 0.15) is 0 Å². The summed E-state index contributed by atoms with van der Waals surface area (Å²) in [5.74, 6) is 1.32. The van der Waals surface area contributed by atoms with E-state index in [-0.39, 0.29) is 6.10 Å². The smallest absolute Gasteiger partial charge is 0.0723 e. The van der Waals surface area contributed by atoms with Crippen molar-refractivity contribution in [3.8, 4) is 0 Å². The molecule has 11 heavy (non-hydrogen) atoms. The fourth-order valence-electron chi connectivity index (χ4n) is 1.57. The molecule has 1 aliphatic carbocycles. The molecule has 3 unspecified atom stereocenters. The molecule has 0 aromatic heterocycles. The summed E-state index contributed by atoms with van der Waals surface area (Å²) in [5.41, 5.74) is 0. The molecule has 1 N–H and O–H groups in total. The molecule has 1 aliphatic rings. The molecule has 0 saturated heterocycles. The van der Waals surface area contributed by atoms with Gasteiger partial charge in [0, 0.05) is 0 Å². The lowest BCUT2D eigenvalue weighted by atomic mass is 9.90. The molecule has 0 bridgehead atoms. The standard InChI is InChI=1S/C10H18O/c1-8-3-4-9(2)7-10(11)6-5-8/h5-6,8-11H,3-4,7H2,1-2H3/b6-5+. The summed E-state index contributed by atoms with van der Waals surface area (Å²) in [6, 6.07) is 0. The number of aliphatic hydroxyl groups excluding tert-OH is 1. The van der Waals surface area contributed by atoms with Crippen molar-refractivity contribution >= 4 is 0 Å². The first-order valence-corrected chi connectivity index (χ1v) is 4.55. The predicted molar refractivity (Wildman–Crippen MR) is 47.3 cm³/mol. The number of rotatable bonds is 0. The van der Waals surface area contributed by atoms with E-state index in [1.165, 1.54) is 12.8 Å². The van der Waals surface area contributed by atoms with Crippen LogP contribution in [0.4, 0.5) is 0 Å². The lowest BCUT2D eigenvalue weighted by molar-refractivity contribution is 0.182. The molecule has 0 spiro atoms. The fraction of sp³-hybridized carbons (Fsp3) is 0.800. The Morgan fingerprint density at radius 1 is 1.18 bits per heavy atom. The Labute approximate surface area is 69.1 Å². The third-order valence-electron chi connectivity index (χ3n) is 2.42. The van der Waals surface area contributed by atoms with Crippen molar-refractivity contribution in [3.63, 3.8) is 0 Å². The maximum atomic E-state index is 9.42. The molecule has 0 saturated carbocycles. The van der Waals surface area contributed by atoms with Gasteiger partial charge in [0.2, 0.25) is 0 Å². The van der Waals surface area contributed by atoms with E-state index < -0.39 is 0 Å². The lowest BCUT2D eigenvalue weighted by Gasteiger charge is -2.18. The molecule has 1 nitrogen and oxygen atoms in total. The lowest BCUT2D eigenvalue weighted by Crippen LogP contribution is -2.12. The van der Waals surface area contributed by atoms with Gasteiger partial charge in [0.25, 0.3) is 0 Å². The second kappa shape index (κ2) is 3.91. The normalized spacial score (nSPS) is 42.6. The molecule has 0 aromatic rings. The van der Waals surface area contributed by atoms with E-state index in [1.807, 2.05) is 6.08 Å². The van der Waals surface area contributed by atoms with Crippen LogP contribution in [0.25, 0.3) is 0 Å². The van der Waals surface area contributed by atoms with Crippen LogP contribution < -0.4 is 0 Å². The quantitative estimate of drug-likeness (QED) is 0.531. The van der Waals surface area contributed by atoms with Gasteiger partial charge in [-0.15, -0.1) is 0 Å².